The fraction of sp³-hybridized carbons (Fsp3) is 0.355. The monoisotopic (exact) mass is 515 g/mol. The van der Waals surface area contributed by atoms with Crippen LogP contribution in [0.2, 0.25) is 0 Å². The van der Waals surface area contributed by atoms with E-state index in [-0.39, 0.29) is 0 Å². The molecule has 0 spiro atoms. The number of nitrogens with one attached hydrogen (secondary N) is 1. The van der Waals surface area contributed by atoms with Crippen molar-refractivity contribution in [3.05, 3.63) is 78.4 Å². The Morgan fingerprint density at radius 3 is 2.63 bits per heavy atom. The molecule has 0 radical (unpaired) electrons. The Labute approximate surface area is 222 Å². The normalized spacial score (nSPS) is 19.8. The Morgan fingerprint density at radius 2 is 1.79 bits per heavy atom. The van der Waals surface area contributed by atoms with Crippen LogP contribution in [0.25, 0.3) is 10.8 Å². The summed E-state index contributed by atoms with van der Waals surface area (Å²) >= 11 is 0. The molecule has 3 atom stereocenters. The van der Waals surface area contributed by atoms with Gasteiger partial charge >= 0.3 is 5.97 Å². The molecule has 2 aliphatic rings. The predicted molar refractivity (Wildman–Crippen MR) is 145 cm³/mol. The van der Waals surface area contributed by atoms with Crippen LogP contribution in [0.1, 0.15) is 36.8 Å². The van der Waals surface area contributed by atoms with Gasteiger partial charge in [0.05, 0.1) is 18.8 Å². The molecule has 2 fully saturated rings. The number of hydrogen-bond donors (Lipinski definition) is 1. The first-order valence-corrected chi connectivity index (χ1v) is 13.1. The van der Waals surface area contributed by atoms with Crippen LogP contribution in [0.5, 0.6) is 17.2 Å². The number of ether oxygens (including phenoxy) is 5. The zero-order valence-corrected chi connectivity index (χ0v) is 21.4. The number of hydrogen-bond acceptors (Lipinski definition) is 7. The molecule has 198 valence electrons. The summed E-state index contributed by atoms with van der Waals surface area (Å²) in [6.07, 6.45) is 7.68. The molecule has 0 bridgehead atoms. The molecule has 1 aliphatic heterocycles. The van der Waals surface area contributed by atoms with E-state index < -0.39 is 5.97 Å². The third-order valence-electron chi connectivity index (χ3n) is 6.96. The van der Waals surface area contributed by atoms with E-state index in [0.29, 0.717) is 55.0 Å². The summed E-state index contributed by atoms with van der Waals surface area (Å²) in [7, 11) is 0. The zero-order valence-electron chi connectivity index (χ0n) is 21.4. The van der Waals surface area contributed by atoms with Crippen LogP contribution in [-0.4, -0.2) is 44.2 Å². The smallest absolute Gasteiger partial charge is 0.335 e. The van der Waals surface area contributed by atoms with Gasteiger partial charge in [0.1, 0.15) is 23.9 Å². The standard InChI is InChI=1S/C31H33NO6/c1-2-31(33)38-28-11-9-27(17-25(28)18-32)36-20-21-4-6-24-16-26(8-7-23(24)14-21)35-13-3-12-34-19-22-5-10-29-30(15-22)37-29/h2,4,6-9,11,14,16-18,22,29-30,32H,1,3,5,10,12-13,15,19-20H2. The molecule has 7 nitrogen and oxygen atoms in total. The van der Waals surface area contributed by atoms with Crippen LogP contribution in [0.4, 0.5) is 0 Å². The van der Waals surface area contributed by atoms with Crippen LogP contribution in [0.15, 0.2) is 67.3 Å². The predicted octanol–water partition coefficient (Wildman–Crippen LogP) is 5.86. The first-order valence-electron chi connectivity index (χ1n) is 13.1. The van der Waals surface area contributed by atoms with Crippen molar-refractivity contribution in [2.75, 3.05) is 19.8 Å². The summed E-state index contributed by atoms with van der Waals surface area (Å²) in [6, 6.07) is 17.3. The average molecular weight is 516 g/mol. The Hall–Kier alpha value is -3.68. The van der Waals surface area contributed by atoms with Crippen molar-refractivity contribution in [2.45, 2.75) is 44.5 Å². The van der Waals surface area contributed by atoms with E-state index in [9.17, 15) is 4.79 Å². The highest BCUT2D eigenvalue weighted by atomic mass is 16.6. The summed E-state index contributed by atoms with van der Waals surface area (Å²) in [4.78, 5) is 11.5. The molecule has 0 amide bonds. The molecule has 3 unspecified atom stereocenters. The number of esters is 1. The lowest BCUT2D eigenvalue weighted by molar-refractivity contribution is -0.128. The Kier molecular flexibility index (Phi) is 8.36. The Bertz CT molecular complexity index is 1300. The molecule has 0 aromatic heterocycles. The van der Waals surface area contributed by atoms with Crippen LogP contribution in [0.3, 0.4) is 0 Å². The van der Waals surface area contributed by atoms with Gasteiger partial charge in [0.15, 0.2) is 0 Å². The molecule has 3 aromatic rings. The van der Waals surface area contributed by atoms with Gasteiger partial charge in [-0.3, -0.25) is 0 Å². The average Bonchev–Trinajstić information content (AvgIpc) is 3.73. The number of epoxide rings is 1. The van der Waals surface area contributed by atoms with Crippen molar-refractivity contribution in [3.63, 3.8) is 0 Å². The van der Waals surface area contributed by atoms with Crippen molar-refractivity contribution in [1.29, 1.82) is 5.41 Å². The maximum Gasteiger partial charge on any atom is 0.335 e. The van der Waals surface area contributed by atoms with Gasteiger partial charge in [0.2, 0.25) is 0 Å². The van der Waals surface area contributed by atoms with Crippen molar-refractivity contribution in [3.8, 4) is 17.2 Å². The van der Waals surface area contributed by atoms with Crippen molar-refractivity contribution in [1.82, 2.24) is 0 Å². The van der Waals surface area contributed by atoms with Gasteiger partial charge in [-0.15, -0.1) is 0 Å². The first kappa shape index (κ1) is 25.9. The largest absolute Gasteiger partial charge is 0.493 e. The molecule has 38 heavy (non-hydrogen) atoms. The quantitative estimate of drug-likeness (QED) is 0.0766. The maximum absolute atomic E-state index is 11.5. The van der Waals surface area contributed by atoms with Crippen LogP contribution in [0, 0.1) is 11.3 Å². The van der Waals surface area contributed by atoms with E-state index in [4.69, 9.17) is 29.1 Å². The van der Waals surface area contributed by atoms with E-state index >= 15 is 0 Å². The van der Waals surface area contributed by atoms with E-state index in [1.54, 1.807) is 18.2 Å². The summed E-state index contributed by atoms with van der Waals surface area (Å²) in [5, 5.41) is 9.78. The van der Waals surface area contributed by atoms with E-state index in [2.05, 4.69) is 30.8 Å². The fourth-order valence-electron chi connectivity index (χ4n) is 4.83. The summed E-state index contributed by atoms with van der Waals surface area (Å²) in [5.41, 5.74) is 1.47. The van der Waals surface area contributed by atoms with Crippen LogP contribution >= 0.6 is 0 Å². The second-order valence-electron chi connectivity index (χ2n) is 9.77. The van der Waals surface area contributed by atoms with Crippen LogP contribution < -0.4 is 14.2 Å². The number of rotatable bonds is 13. The zero-order chi connectivity index (χ0) is 26.3. The van der Waals surface area contributed by atoms with Crippen molar-refractivity contribution >= 4 is 23.0 Å². The molecular formula is C31H33NO6. The topological polar surface area (TPSA) is 90.4 Å². The van der Waals surface area contributed by atoms with Crippen molar-refractivity contribution < 1.29 is 28.5 Å². The van der Waals surface area contributed by atoms with Gasteiger partial charge < -0.3 is 29.1 Å². The van der Waals surface area contributed by atoms with E-state index in [1.807, 2.05) is 12.1 Å². The minimum atomic E-state index is -0.572. The van der Waals surface area contributed by atoms with Gasteiger partial charge in [-0.05, 0) is 77.9 Å². The highest BCUT2D eigenvalue weighted by Gasteiger charge is 2.43. The highest BCUT2D eigenvalue weighted by molar-refractivity contribution is 5.88. The SMILES string of the molecule is C=CC(=O)Oc1ccc(OCc2ccc3cc(OCCCOCC4CCC5OC5C4)ccc3c2)cc1C=N. The lowest BCUT2D eigenvalue weighted by Crippen LogP contribution is -2.19. The number of benzene rings is 3. The fourth-order valence-corrected chi connectivity index (χ4v) is 4.83. The maximum atomic E-state index is 11.5. The van der Waals surface area contributed by atoms with E-state index in [0.717, 1.165) is 53.8 Å². The van der Waals surface area contributed by atoms with E-state index in [1.165, 1.54) is 12.8 Å². The third kappa shape index (κ3) is 6.79. The van der Waals surface area contributed by atoms with Gasteiger partial charge in [-0.25, -0.2) is 4.79 Å². The molecule has 1 aliphatic carbocycles. The summed E-state index contributed by atoms with van der Waals surface area (Å²) in [6.45, 7) is 5.92. The first-order chi connectivity index (χ1) is 18.6. The second-order valence-corrected chi connectivity index (χ2v) is 9.77. The Balaban J connectivity index is 1.07. The summed E-state index contributed by atoms with van der Waals surface area (Å²) in [5.74, 6) is 1.79. The molecule has 3 aromatic carbocycles. The van der Waals surface area contributed by atoms with Gasteiger partial charge in [-0.2, -0.15) is 0 Å². The van der Waals surface area contributed by atoms with Gasteiger partial charge in [0.25, 0.3) is 0 Å². The van der Waals surface area contributed by atoms with Gasteiger partial charge in [-0.1, -0.05) is 24.8 Å². The molecule has 1 saturated carbocycles. The van der Waals surface area contributed by atoms with Crippen molar-refractivity contribution in [2.24, 2.45) is 5.92 Å². The Morgan fingerprint density at radius 1 is 0.974 bits per heavy atom. The third-order valence-corrected chi connectivity index (χ3v) is 6.96. The lowest BCUT2D eigenvalue weighted by Gasteiger charge is -2.18. The number of carbonyl (C=O) groups is 1. The molecule has 1 saturated heterocycles. The minimum Gasteiger partial charge on any atom is -0.493 e. The second kappa shape index (κ2) is 12.2. The molecule has 7 heteroatoms. The lowest BCUT2D eigenvalue weighted by atomic mass is 9.90. The molecular weight excluding hydrogens is 482 g/mol. The molecule has 5 rings (SSSR count). The number of fused-ring (bicyclic) bond motifs is 2. The summed E-state index contributed by atoms with van der Waals surface area (Å²) < 4.78 is 28.5. The highest BCUT2D eigenvalue weighted by Crippen LogP contribution is 2.39. The molecule has 1 N–H and O–H groups in total. The van der Waals surface area contributed by atoms with Crippen LogP contribution in [-0.2, 0) is 20.9 Å². The number of carbonyl (C=O) groups excluding carboxylic acids is 1. The minimum absolute atomic E-state index is 0.291. The molecule has 1 heterocycles. The van der Waals surface area contributed by atoms with Gasteiger partial charge in [0, 0.05) is 37.5 Å².